The molecule has 1 aliphatic rings. The first-order valence-electron chi connectivity index (χ1n) is 5.95. The minimum Gasteiger partial charge on any atom is -0.479 e. The van der Waals surface area contributed by atoms with E-state index in [0.29, 0.717) is 25.3 Å². The highest BCUT2D eigenvalue weighted by Gasteiger charge is 2.49. The molecule has 0 aromatic carbocycles. The lowest BCUT2D eigenvalue weighted by atomic mass is 9.93. The summed E-state index contributed by atoms with van der Waals surface area (Å²) in [7, 11) is 0. The van der Waals surface area contributed by atoms with Crippen LogP contribution in [-0.4, -0.2) is 34.0 Å². The van der Waals surface area contributed by atoms with Crippen molar-refractivity contribution in [2.45, 2.75) is 52.0 Å². The van der Waals surface area contributed by atoms with Gasteiger partial charge in [-0.25, -0.2) is 4.79 Å². The van der Waals surface area contributed by atoms with Crippen molar-refractivity contribution >= 4 is 11.9 Å². The van der Waals surface area contributed by atoms with Crippen LogP contribution in [0.25, 0.3) is 0 Å². The summed E-state index contributed by atoms with van der Waals surface area (Å²) in [4.78, 5) is 24.7. The third kappa shape index (κ3) is 2.20. The Kier molecular flexibility index (Phi) is 3.94. The van der Waals surface area contributed by atoms with E-state index >= 15 is 0 Å². The largest absolute Gasteiger partial charge is 0.479 e. The number of amides is 1. The summed E-state index contributed by atoms with van der Waals surface area (Å²) in [6, 6.07) is 0. The summed E-state index contributed by atoms with van der Waals surface area (Å²) in [5.74, 6) is -0.589. The molecule has 0 spiro atoms. The second-order valence-corrected chi connectivity index (χ2v) is 4.86. The Morgan fingerprint density at radius 3 is 2.44 bits per heavy atom. The predicted molar refractivity (Wildman–Crippen MR) is 61.1 cm³/mol. The van der Waals surface area contributed by atoms with E-state index in [1.165, 1.54) is 6.92 Å². The standard InChI is InChI=1S/C12H21NO3/c1-4-7-13(10(3)14)12(11(15)16)6-5-9(2)8-12/h9H,4-8H2,1-3H3,(H,15,16). The zero-order chi connectivity index (χ0) is 12.3. The Balaban J connectivity index is 2.99. The van der Waals surface area contributed by atoms with Crippen LogP contribution in [-0.2, 0) is 9.59 Å². The first kappa shape index (κ1) is 13.0. The molecule has 1 aliphatic carbocycles. The van der Waals surface area contributed by atoms with Crippen LogP contribution in [0.3, 0.4) is 0 Å². The molecule has 1 fully saturated rings. The molecule has 4 nitrogen and oxygen atoms in total. The van der Waals surface area contributed by atoms with Gasteiger partial charge in [-0.2, -0.15) is 0 Å². The van der Waals surface area contributed by atoms with Gasteiger partial charge in [0.1, 0.15) is 5.54 Å². The van der Waals surface area contributed by atoms with Gasteiger partial charge in [-0.05, 0) is 31.6 Å². The van der Waals surface area contributed by atoms with Crippen LogP contribution in [0.15, 0.2) is 0 Å². The van der Waals surface area contributed by atoms with Crippen LogP contribution in [0, 0.1) is 5.92 Å². The van der Waals surface area contributed by atoms with Crippen LogP contribution in [0.2, 0.25) is 0 Å². The first-order chi connectivity index (χ1) is 7.44. The minimum absolute atomic E-state index is 0.127. The Morgan fingerprint density at radius 1 is 1.50 bits per heavy atom. The molecule has 2 atom stereocenters. The van der Waals surface area contributed by atoms with Crippen molar-refractivity contribution in [3.63, 3.8) is 0 Å². The lowest BCUT2D eigenvalue weighted by molar-refractivity contribution is -0.158. The monoisotopic (exact) mass is 227 g/mol. The lowest BCUT2D eigenvalue weighted by Crippen LogP contribution is -2.55. The SMILES string of the molecule is CCCN(C(C)=O)C1(C(=O)O)CCC(C)C1. The molecule has 0 aliphatic heterocycles. The molecule has 0 saturated heterocycles. The van der Waals surface area contributed by atoms with E-state index in [0.717, 1.165) is 12.8 Å². The number of rotatable bonds is 4. The average molecular weight is 227 g/mol. The molecule has 1 rings (SSSR count). The number of nitrogens with zero attached hydrogens (tertiary/aromatic N) is 1. The van der Waals surface area contributed by atoms with Crippen LogP contribution in [0.1, 0.15) is 46.5 Å². The quantitative estimate of drug-likeness (QED) is 0.797. The second kappa shape index (κ2) is 4.85. The van der Waals surface area contributed by atoms with E-state index in [-0.39, 0.29) is 5.91 Å². The van der Waals surface area contributed by atoms with Crippen molar-refractivity contribution in [1.82, 2.24) is 4.90 Å². The Morgan fingerprint density at radius 2 is 2.12 bits per heavy atom. The molecule has 2 unspecified atom stereocenters. The highest BCUT2D eigenvalue weighted by Crippen LogP contribution is 2.39. The molecule has 0 radical (unpaired) electrons. The van der Waals surface area contributed by atoms with E-state index < -0.39 is 11.5 Å². The third-order valence-electron chi connectivity index (χ3n) is 3.48. The molecule has 0 aromatic rings. The molecular formula is C12H21NO3. The molecule has 1 amide bonds. The number of hydrogen-bond donors (Lipinski definition) is 1. The van der Waals surface area contributed by atoms with Crippen LogP contribution in [0.5, 0.6) is 0 Å². The Bertz CT molecular complexity index is 290. The highest BCUT2D eigenvalue weighted by molar-refractivity contribution is 5.86. The maximum Gasteiger partial charge on any atom is 0.329 e. The zero-order valence-electron chi connectivity index (χ0n) is 10.3. The summed E-state index contributed by atoms with van der Waals surface area (Å²) in [5, 5.41) is 9.43. The van der Waals surface area contributed by atoms with Crippen LogP contribution < -0.4 is 0 Å². The van der Waals surface area contributed by atoms with Crippen molar-refractivity contribution in [3.8, 4) is 0 Å². The van der Waals surface area contributed by atoms with Gasteiger partial charge in [0.2, 0.25) is 5.91 Å². The fraction of sp³-hybridized carbons (Fsp3) is 0.833. The molecule has 1 saturated carbocycles. The zero-order valence-corrected chi connectivity index (χ0v) is 10.3. The summed E-state index contributed by atoms with van der Waals surface area (Å²) in [6.07, 6.45) is 2.85. The number of hydrogen-bond acceptors (Lipinski definition) is 2. The van der Waals surface area contributed by atoms with Crippen molar-refractivity contribution in [3.05, 3.63) is 0 Å². The fourth-order valence-electron chi connectivity index (χ4n) is 2.72. The summed E-state index contributed by atoms with van der Waals surface area (Å²) in [5.41, 5.74) is -0.943. The van der Waals surface area contributed by atoms with Gasteiger partial charge >= 0.3 is 5.97 Å². The fourth-order valence-corrected chi connectivity index (χ4v) is 2.72. The molecule has 1 N–H and O–H groups in total. The van der Waals surface area contributed by atoms with Crippen molar-refractivity contribution in [1.29, 1.82) is 0 Å². The van der Waals surface area contributed by atoms with E-state index in [1.807, 2.05) is 6.92 Å². The number of carbonyl (C=O) groups is 2. The Labute approximate surface area is 96.6 Å². The van der Waals surface area contributed by atoms with Gasteiger partial charge in [0.05, 0.1) is 0 Å². The topological polar surface area (TPSA) is 57.6 Å². The Hall–Kier alpha value is -1.06. The van der Waals surface area contributed by atoms with Gasteiger partial charge in [0.25, 0.3) is 0 Å². The van der Waals surface area contributed by atoms with E-state index in [2.05, 4.69) is 6.92 Å². The van der Waals surface area contributed by atoms with E-state index in [9.17, 15) is 14.7 Å². The molecule has 92 valence electrons. The van der Waals surface area contributed by atoms with Gasteiger partial charge in [-0.3, -0.25) is 4.79 Å². The van der Waals surface area contributed by atoms with Crippen LogP contribution >= 0.6 is 0 Å². The van der Waals surface area contributed by atoms with Gasteiger partial charge in [0, 0.05) is 13.5 Å². The number of carbonyl (C=O) groups excluding carboxylic acids is 1. The molecule has 0 bridgehead atoms. The molecule has 4 heteroatoms. The predicted octanol–water partition coefficient (Wildman–Crippen LogP) is 1.89. The van der Waals surface area contributed by atoms with Crippen molar-refractivity contribution in [2.75, 3.05) is 6.54 Å². The van der Waals surface area contributed by atoms with Gasteiger partial charge in [-0.1, -0.05) is 13.8 Å². The molecule has 16 heavy (non-hydrogen) atoms. The number of aliphatic carboxylic acids is 1. The average Bonchev–Trinajstić information content (AvgIpc) is 2.57. The highest BCUT2D eigenvalue weighted by atomic mass is 16.4. The first-order valence-corrected chi connectivity index (χ1v) is 5.95. The van der Waals surface area contributed by atoms with Crippen LogP contribution in [0.4, 0.5) is 0 Å². The third-order valence-corrected chi connectivity index (χ3v) is 3.48. The molecule has 0 heterocycles. The summed E-state index contributed by atoms with van der Waals surface area (Å²) < 4.78 is 0. The summed E-state index contributed by atoms with van der Waals surface area (Å²) in [6.45, 7) is 6.01. The lowest BCUT2D eigenvalue weighted by Gasteiger charge is -2.37. The minimum atomic E-state index is -0.943. The molecule has 0 aromatic heterocycles. The van der Waals surface area contributed by atoms with Crippen molar-refractivity contribution in [2.24, 2.45) is 5.92 Å². The number of carboxylic acid groups (broad SMARTS) is 1. The molecular weight excluding hydrogens is 206 g/mol. The van der Waals surface area contributed by atoms with Gasteiger partial charge in [-0.15, -0.1) is 0 Å². The maximum absolute atomic E-state index is 11.6. The van der Waals surface area contributed by atoms with Gasteiger partial charge < -0.3 is 10.0 Å². The number of carboxylic acids is 1. The normalized spacial score (nSPS) is 29.1. The van der Waals surface area contributed by atoms with E-state index in [4.69, 9.17) is 0 Å². The summed E-state index contributed by atoms with van der Waals surface area (Å²) >= 11 is 0. The smallest absolute Gasteiger partial charge is 0.329 e. The van der Waals surface area contributed by atoms with Gasteiger partial charge in [0.15, 0.2) is 0 Å². The maximum atomic E-state index is 11.6. The second-order valence-electron chi connectivity index (χ2n) is 4.86. The van der Waals surface area contributed by atoms with Crippen molar-refractivity contribution < 1.29 is 14.7 Å². The van der Waals surface area contributed by atoms with E-state index in [1.54, 1.807) is 4.90 Å².